The van der Waals surface area contributed by atoms with E-state index in [1.807, 2.05) is 24.3 Å². The Bertz CT molecular complexity index is 1730. The lowest BCUT2D eigenvalue weighted by molar-refractivity contribution is -0.131. The molecule has 0 saturated carbocycles. The summed E-state index contributed by atoms with van der Waals surface area (Å²) < 4.78 is 5.71. The number of aromatic nitrogens is 1. The van der Waals surface area contributed by atoms with E-state index < -0.39 is 24.0 Å². The monoisotopic (exact) mass is 650 g/mol. The van der Waals surface area contributed by atoms with Crippen molar-refractivity contribution < 1.29 is 24.2 Å². The second-order valence-corrected chi connectivity index (χ2v) is 11.9. The van der Waals surface area contributed by atoms with Crippen molar-refractivity contribution in [2.24, 2.45) is 0 Å². The Morgan fingerprint density at radius 1 is 1.13 bits per heavy atom. The topological polar surface area (TPSA) is 145 Å². The lowest BCUT2D eigenvalue weighted by Crippen LogP contribution is -2.46. The highest BCUT2D eigenvalue weighted by Crippen LogP contribution is 2.44. The van der Waals surface area contributed by atoms with Gasteiger partial charge in [0, 0.05) is 61.3 Å². The molecular formula is C32H32Cl2N6O5. The molecule has 0 bridgehead atoms. The largest absolute Gasteiger partial charge is 0.481 e. The van der Waals surface area contributed by atoms with Crippen LogP contribution in [0, 0.1) is 0 Å². The molecule has 45 heavy (non-hydrogen) atoms. The quantitative estimate of drug-likeness (QED) is 0.233. The molecule has 1 aromatic heterocycles. The minimum atomic E-state index is -0.696. The summed E-state index contributed by atoms with van der Waals surface area (Å²) in [5.74, 6) is -0.599. The second kappa shape index (κ2) is 12.8. The van der Waals surface area contributed by atoms with E-state index in [0.29, 0.717) is 64.9 Å². The maximum Gasteiger partial charge on any atom is 0.273 e. The fourth-order valence-corrected chi connectivity index (χ4v) is 6.63. The van der Waals surface area contributed by atoms with Crippen LogP contribution in [0.25, 0.3) is 22.4 Å². The Morgan fingerprint density at radius 2 is 1.87 bits per heavy atom. The second-order valence-electron chi connectivity index (χ2n) is 11.2. The fourth-order valence-electron chi connectivity index (χ4n) is 6.03. The molecule has 3 amide bonds. The van der Waals surface area contributed by atoms with E-state index in [9.17, 15) is 19.5 Å². The minimum Gasteiger partial charge on any atom is -0.481 e. The zero-order valence-electron chi connectivity index (χ0n) is 24.6. The first-order valence-electron chi connectivity index (χ1n) is 14.6. The summed E-state index contributed by atoms with van der Waals surface area (Å²) in [6.07, 6.45) is 2.48. The van der Waals surface area contributed by atoms with Gasteiger partial charge < -0.3 is 25.8 Å². The molecule has 3 aliphatic rings. The van der Waals surface area contributed by atoms with Crippen LogP contribution >= 0.6 is 23.2 Å². The van der Waals surface area contributed by atoms with Crippen LogP contribution in [0.1, 0.15) is 30.0 Å². The van der Waals surface area contributed by atoms with Crippen molar-refractivity contribution in [2.45, 2.75) is 37.5 Å². The van der Waals surface area contributed by atoms with Crippen LogP contribution in [0.5, 0.6) is 5.88 Å². The molecule has 234 valence electrons. The number of nitrogens with zero attached hydrogens (tertiary/aromatic N) is 2. The number of methoxy groups -OCH3 is 1. The van der Waals surface area contributed by atoms with E-state index in [1.165, 1.54) is 18.2 Å². The maximum atomic E-state index is 13.0. The Labute approximate surface area is 269 Å². The number of pyridine rings is 1. The molecule has 2 aromatic carbocycles. The number of amides is 3. The number of carbonyl (C=O) groups excluding carboxylic acids is 3. The first-order chi connectivity index (χ1) is 21.7. The predicted molar refractivity (Wildman–Crippen MR) is 171 cm³/mol. The van der Waals surface area contributed by atoms with Crippen LogP contribution < -0.4 is 26.1 Å². The number of aliphatic hydroxyl groups excluding tert-OH is 1. The summed E-state index contributed by atoms with van der Waals surface area (Å²) in [4.78, 5) is 41.8. The van der Waals surface area contributed by atoms with E-state index in [2.05, 4.69) is 21.4 Å². The highest BCUT2D eigenvalue weighted by molar-refractivity contribution is 6.40. The van der Waals surface area contributed by atoms with Gasteiger partial charge >= 0.3 is 0 Å². The van der Waals surface area contributed by atoms with E-state index >= 15 is 0 Å². The van der Waals surface area contributed by atoms with Crippen molar-refractivity contribution in [1.29, 1.82) is 0 Å². The highest BCUT2D eigenvalue weighted by atomic mass is 35.5. The Hall–Kier alpha value is -4.00. The molecule has 1 aliphatic carbocycles. The summed E-state index contributed by atoms with van der Waals surface area (Å²) in [7, 11) is 3.08. The highest BCUT2D eigenvalue weighted by Gasteiger charge is 2.36. The number of aliphatic hydroxyl groups is 1. The number of anilines is 1. The van der Waals surface area contributed by atoms with Gasteiger partial charge in [-0.05, 0) is 24.1 Å². The van der Waals surface area contributed by atoms with Gasteiger partial charge in [-0.1, -0.05) is 59.6 Å². The molecule has 2 aliphatic heterocycles. The molecule has 5 N–H and O–H groups in total. The van der Waals surface area contributed by atoms with Crippen LogP contribution in [0.2, 0.25) is 10.0 Å². The number of carbonyl (C=O) groups is 3. The van der Waals surface area contributed by atoms with Gasteiger partial charge in [0.25, 0.3) is 11.8 Å². The molecule has 11 nitrogen and oxygen atoms in total. The van der Waals surface area contributed by atoms with Crippen LogP contribution in [-0.4, -0.2) is 72.2 Å². The average Bonchev–Trinajstić information content (AvgIpc) is 3.59. The smallest absolute Gasteiger partial charge is 0.273 e. The maximum absolute atomic E-state index is 13.0. The third-order valence-corrected chi connectivity index (χ3v) is 9.14. The van der Waals surface area contributed by atoms with Crippen LogP contribution in [0.15, 0.2) is 54.1 Å². The van der Waals surface area contributed by atoms with E-state index in [-0.39, 0.29) is 22.5 Å². The molecule has 3 atom stereocenters. The molecule has 1 saturated heterocycles. The minimum absolute atomic E-state index is 0.0120. The first kappa shape index (κ1) is 31.0. The van der Waals surface area contributed by atoms with Crippen molar-refractivity contribution in [3.8, 4) is 28.3 Å². The molecule has 6 rings (SSSR count). The van der Waals surface area contributed by atoms with E-state index in [4.69, 9.17) is 32.9 Å². The zero-order chi connectivity index (χ0) is 31.8. The van der Waals surface area contributed by atoms with Crippen molar-refractivity contribution >= 4 is 46.6 Å². The summed E-state index contributed by atoms with van der Waals surface area (Å²) in [5.41, 5.74) is 7.24. The zero-order valence-corrected chi connectivity index (χ0v) is 26.1. The van der Waals surface area contributed by atoms with Crippen LogP contribution in [0.3, 0.4) is 0 Å². The summed E-state index contributed by atoms with van der Waals surface area (Å²) in [6, 6.07) is 12.2. The number of hydrogen-bond donors (Lipinski definition) is 5. The van der Waals surface area contributed by atoms with E-state index in [0.717, 1.165) is 17.5 Å². The first-order valence-corrected chi connectivity index (χ1v) is 15.3. The Balaban J connectivity index is 1.29. The predicted octanol–water partition coefficient (Wildman–Crippen LogP) is 3.40. The van der Waals surface area contributed by atoms with Gasteiger partial charge in [0.2, 0.25) is 11.8 Å². The molecular weight excluding hydrogens is 619 g/mol. The number of rotatable bonds is 8. The SMILES string of the molecule is COc1nc(-c2cccc(-c3cccc(NC(=O)C4=CCNN(C)C4=O)c3Cl)c2Cl)cc2c1[C@@H](NC[C@@H]1CCC(=O)N1)[C@@H](O)C2. The summed E-state index contributed by atoms with van der Waals surface area (Å²) in [5, 5.41) is 22.0. The third-order valence-electron chi connectivity index (χ3n) is 8.32. The van der Waals surface area contributed by atoms with Crippen molar-refractivity contribution in [3.05, 3.63) is 75.3 Å². The van der Waals surface area contributed by atoms with Crippen LogP contribution in [0.4, 0.5) is 5.69 Å². The molecule has 0 radical (unpaired) electrons. The van der Waals surface area contributed by atoms with Crippen molar-refractivity contribution in [2.75, 3.05) is 32.6 Å². The molecule has 3 heterocycles. The number of likely N-dealkylation sites (N-methyl/N-ethyl adjacent to an activating group) is 1. The number of benzene rings is 2. The van der Waals surface area contributed by atoms with Gasteiger partial charge in [-0.15, -0.1) is 0 Å². The van der Waals surface area contributed by atoms with Crippen molar-refractivity contribution in [1.82, 2.24) is 26.1 Å². The van der Waals surface area contributed by atoms with E-state index in [1.54, 1.807) is 25.2 Å². The molecule has 0 unspecified atom stereocenters. The van der Waals surface area contributed by atoms with Gasteiger partial charge in [-0.3, -0.25) is 19.4 Å². The normalized spacial score (nSPS) is 21.0. The number of fused-ring (bicyclic) bond motifs is 1. The van der Waals surface area contributed by atoms with Crippen molar-refractivity contribution in [3.63, 3.8) is 0 Å². The Kier molecular flexibility index (Phi) is 8.80. The molecule has 0 spiro atoms. The van der Waals surface area contributed by atoms with Gasteiger partial charge in [0.05, 0.1) is 40.7 Å². The lowest BCUT2D eigenvalue weighted by Gasteiger charge is -2.23. The molecule has 3 aromatic rings. The molecule has 13 heteroatoms. The third kappa shape index (κ3) is 6.01. The summed E-state index contributed by atoms with van der Waals surface area (Å²) >= 11 is 13.8. The number of hydrogen-bond acceptors (Lipinski definition) is 8. The number of ether oxygens (including phenoxy) is 1. The molecule has 1 fully saturated rings. The van der Waals surface area contributed by atoms with Gasteiger partial charge in [0.15, 0.2) is 0 Å². The van der Waals surface area contributed by atoms with Gasteiger partial charge in [0.1, 0.15) is 5.57 Å². The summed E-state index contributed by atoms with van der Waals surface area (Å²) in [6.45, 7) is 0.868. The average molecular weight is 652 g/mol. The number of hydrazine groups is 1. The Morgan fingerprint density at radius 3 is 2.60 bits per heavy atom. The lowest BCUT2D eigenvalue weighted by atomic mass is 9.99. The number of nitrogens with one attached hydrogen (secondary N) is 4. The van der Waals surface area contributed by atoms with Gasteiger partial charge in [-0.2, -0.15) is 0 Å². The number of halogens is 2. The fraction of sp³-hybridized carbons (Fsp3) is 0.312. The van der Waals surface area contributed by atoms with Gasteiger partial charge in [-0.25, -0.2) is 10.4 Å². The standard InChI is InChI=1S/C32H32Cl2N6O5/c1-40-32(44)21(11-12-36-40)30(43)38-22-8-4-6-19(28(22)34)18-5-3-7-20(27(18)33)23-13-16-14-24(41)29(26(16)31(39-23)45-2)35-15-17-9-10-25(42)37-17/h3-8,11,13,17,24,29,35-36,41H,9-10,12,14-15H2,1-2H3,(H,37,42)(H,38,43)/t17-,24-,29-/m0/s1. The van der Waals surface area contributed by atoms with Crippen LogP contribution in [-0.2, 0) is 20.8 Å².